The van der Waals surface area contributed by atoms with Crippen molar-refractivity contribution in [3.8, 4) is 11.4 Å². The smallest absolute Gasteiger partial charge is 0.234 e. The number of rotatable bonds is 3. The first-order valence-corrected chi connectivity index (χ1v) is 6.02. The Kier molecular flexibility index (Phi) is 3.08. The molecule has 1 fully saturated rings. The van der Waals surface area contributed by atoms with Crippen LogP contribution in [0.15, 0.2) is 34.9 Å². The van der Waals surface area contributed by atoms with Crippen LogP contribution in [0.1, 0.15) is 11.8 Å². The lowest BCUT2D eigenvalue weighted by atomic mass is 10.0. The minimum absolute atomic E-state index is 0.139. The highest BCUT2D eigenvalue weighted by atomic mass is 16.5. The molecule has 1 aliphatic rings. The molecule has 1 aliphatic heterocycles. The number of aromatic nitrogens is 2. The van der Waals surface area contributed by atoms with E-state index in [9.17, 15) is 0 Å². The zero-order chi connectivity index (χ0) is 12.4. The summed E-state index contributed by atoms with van der Waals surface area (Å²) in [6.07, 6.45) is 0. The average Bonchev–Trinajstić information content (AvgIpc) is 3.08. The Morgan fingerprint density at radius 3 is 2.83 bits per heavy atom. The van der Waals surface area contributed by atoms with E-state index in [0.29, 0.717) is 24.9 Å². The molecular formula is C13H15N3O2. The van der Waals surface area contributed by atoms with E-state index < -0.39 is 0 Å². The third kappa shape index (κ3) is 2.02. The van der Waals surface area contributed by atoms with Gasteiger partial charge in [-0.3, -0.25) is 0 Å². The Morgan fingerprint density at radius 1 is 1.22 bits per heavy atom. The number of nitrogens with one attached hydrogen (secondary N) is 1. The van der Waals surface area contributed by atoms with E-state index in [2.05, 4.69) is 15.5 Å². The summed E-state index contributed by atoms with van der Waals surface area (Å²) in [5.41, 5.74) is 0.965. The second-order valence-corrected chi connectivity index (χ2v) is 4.36. The van der Waals surface area contributed by atoms with Crippen molar-refractivity contribution < 1.29 is 9.26 Å². The van der Waals surface area contributed by atoms with Crippen molar-refractivity contribution in [2.24, 2.45) is 0 Å². The Morgan fingerprint density at radius 2 is 2.06 bits per heavy atom. The Bertz CT molecular complexity index is 512. The van der Waals surface area contributed by atoms with Crippen molar-refractivity contribution in [3.05, 3.63) is 36.2 Å². The van der Waals surface area contributed by atoms with E-state index in [1.54, 1.807) is 0 Å². The van der Waals surface area contributed by atoms with Crippen molar-refractivity contribution in [2.75, 3.05) is 20.3 Å². The lowest BCUT2D eigenvalue weighted by Gasteiger charge is -2.11. The number of nitrogens with zero attached hydrogens (tertiary/aromatic N) is 2. The van der Waals surface area contributed by atoms with Gasteiger partial charge >= 0.3 is 0 Å². The van der Waals surface area contributed by atoms with Gasteiger partial charge in [0, 0.05) is 11.6 Å². The van der Waals surface area contributed by atoms with Crippen LogP contribution in [0.5, 0.6) is 0 Å². The van der Waals surface area contributed by atoms with Crippen molar-refractivity contribution in [3.63, 3.8) is 0 Å². The largest absolute Gasteiger partial charge is 0.379 e. The highest BCUT2D eigenvalue weighted by Crippen LogP contribution is 2.26. The number of hydrogen-bond acceptors (Lipinski definition) is 5. The summed E-state index contributed by atoms with van der Waals surface area (Å²) in [6, 6.07) is 10.1. The zero-order valence-electron chi connectivity index (χ0n) is 10.2. The first-order chi connectivity index (χ1) is 8.88. The lowest BCUT2D eigenvalue weighted by molar-refractivity contribution is 0.185. The first kappa shape index (κ1) is 11.4. The van der Waals surface area contributed by atoms with Gasteiger partial charge in [-0.2, -0.15) is 4.98 Å². The van der Waals surface area contributed by atoms with Crippen LogP contribution >= 0.6 is 0 Å². The van der Waals surface area contributed by atoms with Crippen molar-refractivity contribution in [1.82, 2.24) is 15.5 Å². The van der Waals surface area contributed by atoms with Gasteiger partial charge in [-0.25, -0.2) is 0 Å². The van der Waals surface area contributed by atoms with E-state index >= 15 is 0 Å². The van der Waals surface area contributed by atoms with Gasteiger partial charge in [-0.05, 0) is 7.05 Å². The number of benzene rings is 1. The number of likely N-dealkylation sites (N-methyl/N-ethyl adjacent to an activating group) is 1. The van der Waals surface area contributed by atoms with Gasteiger partial charge in [0.15, 0.2) is 0 Å². The normalized spacial score (nSPS) is 23.4. The molecule has 2 unspecified atom stereocenters. The molecule has 0 amide bonds. The molecule has 1 N–H and O–H groups in total. The van der Waals surface area contributed by atoms with Crippen LogP contribution in [0.25, 0.3) is 11.4 Å². The average molecular weight is 245 g/mol. The zero-order valence-corrected chi connectivity index (χ0v) is 10.2. The summed E-state index contributed by atoms with van der Waals surface area (Å²) < 4.78 is 10.8. The molecule has 18 heavy (non-hydrogen) atoms. The summed E-state index contributed by atoms with van der Waals surface area (Å²) in [4.78, 5) is 4.46. The molecule has 94 valence electrons. The molecule has 3 rings (SSSR count). The Balaban J connectivity index is 1.86. The second-order valence-electron chi connectivity index (χ2n) is 4.36. The van der Waals surface area contributed by atoms with Crippen molar-refractivity contribution in [2.45, 2.75) is 12.0 Å². The Hall–Kier alpha value is -1.72. The third-order valence-electron chi connectivity index (χ3n) is 3.24. The molecule has 5 nitrogen and oxygen atoms in total. The fourth-order valence-corrected chi connectivity index (χ4v) is 2.17. The maximum atomic E-state index is 5.44. The van der Waals surface area contributed by atoms with Crippen LogP contribution in [-0.2, 0) is 4.74 Å². The van der Waals surface area contributed by atoms with Gasteiger partial charge in [0.05, 0.1) is 19.1 Å². The molecule has 1 aromatic carbocycles. The van der Waals surface area contributed by atoms with Crippen LogP contribution in [0.4, 0.5) is 0 Å². The quantitative estimate of drug-likeness (QED) is 0.886. The first-order valence-electron chi connectivity index (χ1n) is 6.02. The molecule has 0 bridgehead atoms. The van der Waals surface area contributed by atoms with E-state index in [4.69, 9.17) is 9.26 Å². The SMILES string of the molecule is CNC1COCC1c1nc(-c2ccccc2)no1. The van der Waals surface area contributed by atoms with Gasteiger partial charge in [-0.1, -0.05) is 35.5 Å². The predicted molar refractivity (Wildman–Crippen MR) is 66.1 cm³/mol. The highest BCUT2D eigenvalue weighted by Gasteiger charge is 2.32. The van der Waals surface area contributed by atoms with Gasteiger partial charge in [-0.15, -0.1) is 0 Å². The van der Waals surface area contributed by atoms with E-state index in [1.165, 1.54) is 0 Å². The lowest BCUT2D eigenvalue weighted by Crippen LogP contribution is -2.31. The summed E-state index contributed by atoms with van der Waals surface area (Å²) in [5, 5.41) is 7.24. The summed E-state index contributed by atoms with van der Waals surface area (Å²) in [5.74, 6) is 1.41. The van der Waals surface area contributed by atoms with Gasteiger partial charge < -0.3 is 14.6 Å². The molecule has 0 radical (unpaired) electrons. The van der Waals surface area contributed by atoms with Gasteiger partial charge in [0.25, 0.3) is 0 Å². The number of hydrogen-bond donors (Lipinski definition) is 1. The second kappa shape index (κ2) is 4.88. The molecule has 5 heteroatoms. The third-order valence-corrected chi connectivity index (χ3v) is 3.24. The van der Waals surface area contributed by atoms with Gasteiger partial charge in [0.1, 0.15) is 0 Å². The molecule has 0 saturated carbocycles. The van der Waals surface area contributed by atoms with Crippen LogP contribution in [0.3, 0.4) is 0 Å². The Labute approximate surface area is 105 Å². The molecule has 2 heterocycles. The van der Waals surface area contributed by atoms with Crippen molar-refractivity contribution in [1.29, 1.82) is 0 Å². The standard InChI is InChI=1S/C13H15N3O2/c1-14-11-8-17-7-10(11)13-15-12(16-18-13)9-5-3-2-4-6-9/h2-6,10-11,14H,7-8H2,1H3. The molecule has 1 aromatic heterocycles. The van der Waals surface area contributed by atoms with Crippen molar-refractivity contribution >= 4 is 0 Å². The maximum absolute atomic E-state index is 5.44. The topological polar surface area (TPSA) is 60.2 Å². The van der Waals surface area contributed by atoms with Crippen LogP contribution in [0, 0.1) is 0 Å². The van der Waals surface area contributed by atoms with E-state index in [1.807, 2.05) is 37.4 Å². The van der Waals surface area contributed by atoms with Crippen LogP contribution < -0.4 is 5.32 Å². The molecule has 1 saturated heterocycles. The van der Waals surface area contributed by atoms with E-state index in [-0.39, 0.29) is 12.0 Å². The molecular weight excluding hydrogens is 230 g/mol. The van der Waals surface area contributed by atoms with E-state index in [0.717, 1.165) is 5.56 Å². The fourth-order valence-electron chi connectivity index (χ4n) is 2.17. The maximum Gasteiger partial charge on any atom is 0.234 e. The minimum atomic E-state index is 0.139. The van der Waals surface area contributed by atoms with Crippen LogP contribution in [-0.4, -0.2) is 36.4 Å². The summed E-state index contributed by atoms with van der Waals surface area (Å²) >= 11 is 0. The molecule has 2 aromatic rings. The highest BCUT2D eigenvalue weighted by molar-refractivity contribution is 5.53. The van der Waals surface area contributed by atoms with Gasteiger partial charge in [0.2, 0.25) is 11.7 Å². The van der Waals surface area contributed by atoms with Crippen LogP contribution in [0.2, 0.25) is 0 Å². The fraction of sp³-hybridized carbons (Fsp3) is 0.385. The monoisotopic (exact) mass is 245 g/mol. The predicted octanol–water partition coefficient (Wildman–Crippen LogP) is 1.44. The minimum Gasteiger partial charge on any atom is -0.379 e. The summed E-state index contributed by atoms with van der Waals surface area (Å²) in [6.45, 7) is 1.31. The molecule has 0 spiro atoms. The molecule has 2 atom stereocenters. The number of ether oxygens (including phenoxy) is 1. The summed E-state index contributed by atoms with van der Waals surface area (Å²) in [7, 11) is 1.92. The molecule has 0 aliphatic carbocycles.